The Hall–Kier alpha value is -1.93. The second-order valence-electron chi connectivity index (χ2n) is 8.90. The molecule has 2 heterocycles. The summed E-state index contributed by atoms with van der Waals surface area (Å²) in [6.45, 7) is 17.5. The first-order valence-corrected chi connectivity index (χ1v) is 9.92. The van der Waals surface area contributed by atoms with Crippen LogP contribution in [0.4, 0.5) is 16.2 Å². The van der Waals surface area contributed by atoms with E-state index in [-0.39, 0.29) is 11.5 Å². The van der Waals surface area contributed by atoms with Crippen molar-refractivity contribution in [2.45, 2.75) is 58.6 Å². The molecule has 2 aliphatic heterocycles. The van der Waals surface area contributed by atoms with Crippen molar-refractivity contribution < 1.29 is 9.53 Å². The number of rotatable bonds is 1. The zero-order chi connectivity index (χ0) is 19.8. The fraction of sp³-hybridized carbons (Fsp3) is 0.619. The van der Waals surface area contributed by atoms with Gasteiger partial charge in [0.15, 0.2) is 0 Å². The maximum Gasteiger partial charge on any atom is 0.410 e. The van der Waals surface area contributed by atoms with Gasteiger partial charge in [0.2, 0.25) is 5.69 Å². The number of halogens is 1. The van der Waals surface area contributed by atoms with Gasteiger partial charge in [-0.25, -0.2) is 9.64 Å². The molecule has 1 aromatic carbocycles. The maximum atomic E-state index is 12.3. The molecular formula is C21H28ClN3O2. The fourth-order valence-electron chi connectivity index (χ4n) is 4.28. The van der Waals surface area contributed by atoms with Gasteiger partial charge < -0.3 is 14.5 Å². The second-order valence-corrected chi connectivity index (χ2v) is 9.30. The Morgan fingerprint density at radius 3 is 2.56 bits per heavy atom. The zero-order valence-electron chi connectivity index (χ0n) is 16.6. The van der Waals surface area contributed by atoms with Gasteiger partial charge in [0.05, 0.1) is 6.57 Å². The van der Waals surface area contributed by atoms with Crippen LogP contribution in [0.5, 0.6) is 0 Å². The van der Waals surface area contributed by atoms with Gasteiger partial charge in [0, 0.05) is 36.4 Å². The van der Waals surface area contributed by atoms with Gasteiger partial charge in [-0.1, -0.05) is 17.7 Å². The molecule has 146 valence electrons. The number of hydrogen-bond acceptors (Lipinski definition) is 3. The average molecular weight is 390 g/mol. The van der Waals surface area contributed by atoms with Gasteiger partial charge >= 0.3 is 6.09 Å². The normalized spacial score (nSPS) is 22.0. The number of amides is 1. The summed E-state index contributed by atoms with van der Waals surface area (Å²) in [5.74, 6) is 0. The Morgan fingerprint density at radius 2 is 2.00 bits per heavy atom. The molecule has 0 unspecified atom stereocenters. The standard InChI is InChI=1S/C21H28ClN3O2/c1-15-13-21(8-10-24(11-9-21)19(26)27-20(2,3)4)14-25(15)16-6-7-18(23-5)17(22)12-16/h6-7,12,15H,8-11,13-14H2,1-4H3/t15-/m0/s1. The number of likely N-dealkylation sites (tertiary alicyclic amines) is 1. The molecule has 0 bridgehead atoms. The molecule has 0 radical (unpaired) electrons. The third kappa shape index (κ3) is 4.32. The molecular weight excluding hydrogens is 362 g/mol. The first-order chi connectivity index (χ1) is 12.6. The maximum absolute atomic E-state index is 12.3. The molecule has 2 saturated heterocycles. The minimum Gasteiger partial charge on any atom is -0.444 e. The molecule has 1 spiro atoms. The van der Waals surface area contributed by atoms with Crippen LogP contribution in [0.25, 0.3) is 4.85 Å². The highest BCUT2D eigenvalue weighted by Gasteiger charge is 2.45. The molecule has 6 heteroatoms. The van der Waals surface area contributed by atoms with Crippen LogP contribution in [0.1, 0.15) is 47.0 Å². The van der Waals surface area contributed by atoms with E-state index in [1.807, 2.05) is 37.8 Å². The van der Waals surface area contributed by atoms with Gasteiger partial charge in [-0.3, -0.25) is 0 Å². The van der Waals surface area contributed by atoms with Gasteiger partial charge in [0.1, 0.15) is 5.60 Å². The number of carbonyl (C=O) groups is 1. The number of ether oxygens (including phenoxy) is 1. The van der Waals surface area contributed by atoms with Crippen molar-refractivity contribution in [3.05, 3.63) is 34.6 Å². The van der Waals surface area contributed by atoms with Crippen LogP contribution in [0.2, 0.25) is 5.02 Å². The highest BCUT2D eigenvalue weighted by atomic mass is 35.5. The Labute approximate surface area is 167 Å². The van der Waals surface area contributed by atoms with Crippen molar-refractivity contribution >= 4 is 29.1 Å². The molecule has 0 saturated carbocycles. The molecule has 1 atom stereocenters. The third-order valence-corrected chi connectivity index (χ3v) is 5.93. The Bertz CT molecular complexity index is 758. The van der Waals surface area contributed by atoms with E-state index in [0.29, 0.717) is 16.8 Å². The summed E-state index contributed by atoms with van der Waals surface area (Å²) >= 11 is 6.24. The predicted molar refractivity (Wildman–Crippen MR) is 109 cm³/mol. The van der Waals surface area contributed by atoms with E-state index >= 15 is 0 Å². The molecule has 5 nitrogen and oxygen atoms in total. The van der Waals surface area contributed by atoms with Crippen molar-refractivity contribution in [3.8, 4) is 0 Å². The number of anilines is 1. The minimum atomic E-state index is -0.457. The van der Waals surface area contributed by atoms with Crippen LogP contribution in [0.15, 0.2) is 18.2 Å². The number of carbonyl (C=O) groups excluding carboxylic acids is 1. The lowest BCUT2D eigenvalue weighted by Gasteiger charge is -2.39. The Balaban J connectivity index is 1.66. The number of benzene rings is 1. The van der Waals surface area contributed by atoms with Crippen molar-refractivity contribution in [2.24, 2.45) is 5.41 Å². The quantitative estimate of drug-likeness (QED) is 0.594. The SMILES string of the molecule is [C-]#[N+]c1ccc(N2CC3(CCN(C(=O)OC(C)(C)C)CC3)C[C@@H]2C)cc1Cl. The van der Waals surface area contributed by atoms with E-state index in [1.54, 1.807) is 6.07 Å². The highest BCUT2D eigenvalue weighted by molar-refractivity contribution is 6.33. The van der Waals surface area contributed by atoms with E-state index in [1.165, 1.54) is 0 Å². The molecule has 0 N–H and O–H groups in total. The van der Waals surface area contributed by atoms with Crippen molar-refractivity contribution in [1.29, 1.82) is 0 Å². The summed E-state index contributed by atoms with van der Waals surface area (Å²) in [6, 6.07) is 6.10. The smallest absolute Gasteiger partial charge is 0.410 e. The summed E-state index contributed by atoms with van der Waals surface area (Å²) in [4.78, 5) is 20.0. The Kier molecular flexibility index (Phi) is 5.31. The summed E-state index contributed by atoms with van der Waals surface area (Å²) in [5, 5.41) is 0.510. The summed E-state index contributed by atoms with van der Waals surface area (Å²) < 4.78 is 5.51. The first-order valence-electron chi connectivity index (χ1n) is 9.54. The van der Waals surface area contributed by atoms with E-state index in [2.05, 4.69) is 16.7 Å². The monoisotopic (exact) mass is 389 g/mol. The van der Waals surface area contributed by atoms with Crippen LogP contribution in [0.3, 0.4) is 0 Å². The van der Waals surface area contributed by atoms with Gasteiger partial charge in [-0.2, -0.15) is 0 Å². The topological polar surface area (TPSA) is 37.1 Å². The van der Waals surface area contributed by atoms with Gasteiger partial charge in [-0.05, 0) is 64.5 Å². The van der Waals surface area contributed by atoms with Crippen LogP contribution < -0.4 is 4.90 Å². The molecule has 3 rings (SSSR count). The van der Waals surface area contributed by atoms with Crippen molar-refractivity contribution in [1.82, 2.24) is 4.90 Å². The van der Waals surface area contributed by atoms with Crippen LogP contribution in [0, 0.1) is 12.0 Å². The molecule has 1 aromatic rings. The largest absolute Gasteiger partial charge is 0.444 e. The summed E-state index contributed by atoms with van der Waals surface area (Å²) in [6.07, 6.45) is 2.88. The molecule has 2 fully saturated rings. The van der Waals surface area contributed by atoms with E-state index in [4.69, 9.17) is 22.9 Å². The molecule has 1 amide bonds. The van der Waals surface area contributed by atoms with Crippen molar-refractivity contribution in [2.75, 3.05) is 24.5 Å². The van der Waals surface area contributed by atoms with E-state index in [0.717, 1.165) is 44.6 Å². The van der Waals surface area contributed by atoms with E-state index < -0.39 is 5.60 Å². The summed E-state index contributed by atoms with van der Waals surface area (Å²) in [5.41, 5.74) is 1.34. The van der Waals surface area contributed by atoms with Crippen LogP contribution in [-0.2, 0) is 4.74 Å². The Morgan fingerprint density at radius 1 is 1.33 bits per heavy atom. The lowest BCUT2D eigenvalue weighted by molar-refractivity contribution is 0.0120. The molecule has 0 aromatic heterocycles. The predicted octanol–water partition coefficient (Wildman–Crippen LogP) is 5.51. The van der Waals surface area contributed by atoms with Crippen LogP contribution >= 0.6 is 11.6 Å². The lowest BCUT2D eigenvalue weighted by atomic mass is 9.77. The zero-order valence-corrected chi connectivity index (χ0v) is 17.3. The van der Waals surface area contributed by atoms with E-state index in [9.17, 15) is 4.79 Å². The lowest BCUT2D eigenvalue weighted by Crippen LogP contribution is -2.46. The van der Waals surface area contributed by atoms with Crippen LogP contribution in [-0.4, -0.2) is 42.3 Å². The van der Waals surface area contributed by atoms with Gasteiger partial charge in [0.25, 0.3) is 0 Å². The summed E-state index contributed by atoms with van der Waals surface area (Å²) in [7, 11) is 0. The second kappa shape index (κ2) is 7.24. The number of piperidine rings is 1. The average Bonchev–Trinajstić information content (AvgIpc) is 2.90. The third-order valence-electron chi connectivity index (χ3n) is 5.63. The first kappa shape index (κ1) is 19.8. The molecule has 2 aliphatic rings. The molecule has 27 heavy (non-hydrogen) atoms. The fourth-order valence-corrected chi connectivity index (χ4v) is 4.50. The minimum absolute atomic E-state index is 0.207. The van der Waals surface area contributed by atoms with Gasteiger partial charge in [-0.15, -0.1) is 0 Å². The highest BCUT2D eigenvalue weighted by Crippen LogP contribution is 2.45. The van der Waals surface area contributed by atoms with Crippen molar-refractivity contribution in [3.63, 3.8) is 0 Å². The number of hydrogen-bond donors (Lipinski definition) is 0. The molecule has 0 aliphatic carbocycles. The number of nitrogens with zero attached hydrogens (tertiary/aromatic N) is 3.